The third-order valence-corrected chi connectivity index (χ3v) is 4.24. The highest BCUT2D eigenvalue weighted by Gasteiger charge is 2.23. The SMILES string of the molecule is CCCNC1CCC(NC2CCCC2)CC1. The molecule has 2 aliphatic carbocycles. The van der Waals surface area contributed by atoms with Crippen molar-refractivity contribution in [1.29, 1.82) is 0 Å². The molecule has 0 bridgehead atoms. The fourth-order valence-electron chi connectivity index (χ4n) is 3.24. The van der Waals surface area contributed by atoms with Crippen molar-refractivity contribution in [3.05, 3.63) is 0 Å². The first-order chi connectivity index (χ1) is 7.88. The van der Waals surface area contributed by atoms with Crippen LogP contribution in [-0.2, 0) is 0 Å². The second-order valence-electron chi connectivity index (χ2n) is 5.65. The van der Waals surface area contributed by atoms with E-state index < -0.39 is 0 Å². The van der Waals surface area contributed by atoms with Gasteiger partial charge in [-0.15, -0.1) is 0 Å². The summed E-state index contributed by atoms with van der Waals surface area (Å²) in [4.78, 5) is 0. The molecule has 0 atom stereocenters. The molecule has 2 aliphatic rings. The van der Waals surface area contributed by atoms with Gasteiger partial charge in [-0.3, -0.25) is 0 Å². The lowest BCUT2D eigenvalue weighted by Gasteiger charge is -2.31. The van der Waals surface area contributed by atoms with Gasteiger partial charge in [-0.2, -0.15) is 0 Å². The topological polar surface area (TPSA) is 24.1 Å². The molecule has 0 aromatic carbocycles. The number of hydrogen-bond donors (Lipinski definition) is 2. The average molecular weight is 224 g/mol. The van der Waals surface area contributed by atoms with E-state index in [0.29, 0.717) is 0 Å². The van der Waals surface area contributed by atoms with Crippen molar-refractivity contribution in [3.63, 3.8) is 0 Å². The summed E-state index contributed by atoms with van der Waals surface area (Å²) in [6.45, 7) is 3.45. The van der Waals surface area contributed by atoms with Crippen LogP contribution >= 0.6 is 0 Å². The van der Waals surface area contributed by atoms with E-state index in [1.54, 1.807) is 0 Å². The molecule has 2 saturated carbocycles. The van der Waals surface area contributed by atoms with Gasteiger partial charge in [-0.05, 0) is 51.5 Å². The fourth-order valence-corrected chi connectivity index (χ4v) is 3.24. The van der Waals surface area contributed by atoms with E-state index in [0.717, 1.165) is 18.1 Å². The minimum atomic E-state index is 0.807. The van der Waals surface area contributed by atoms with Gasteiger partial charge >= 0.3 is 0 Å². The van der Waals surface area contributed by atoms with Crippen LogP contribution in [0.3, 0.4) is 0 Å². The Bertz CT molecular complexity index is 179. The van der Waals surface area contributed by atoms with Gasteiger partial charge in [-0.25, -0.2) is 0 Å². The second-order valence-corrected chi connectivity index (χ2v) is 5.65. The summed E-state index contributed by atoms with van der Waals surface area (Å²) < 4.78 is 0. The van der Waals surface area contributed by atoms with Crippen LogP contribution in [-0.4, -0.2) is 24.7 Å². The lowest BCUT2D eigenvalue weighted by atomic mass is 9.90. The summed E-state index contributed by atoms with van der Waals surface area (Å²) in [5, 5.41) is 7.52. The minimum Gasteiger partial charge on any atom is -0.314 e. The second kappa shape index (κ2) is 6.61. The predicted octanol–water partition coefficient (Wildman–Crippen LogP) is 2.83. The standard InChI is InChI=1S/C14H28N2/c1-2-11-15-12-7-9-14(10-8-12)16-13-5-3-4-6-13/h12-16H,2-11H2,1H3. The first-order valence-corrected chi connectivity index (χ1v) is 7.38. The zero-order chi connectivity index (χ0) is 11.2. The molecule has 2 rings (SSSR count). The van der Waals surface area contributed by atoms with E-state index in [1.165, 1.54) is 64.3 Å². The molecular weight excluding hydrogens is 196 g/mol. The van der Waals surface area contributed by atoms with Crippen LogP contribution in [0, 0.1) is 0 Å². The quantitative estimate of drug-likeness (QED) is 0.750. The third-order valence-electron chi connectivity index (χ3n) is 4.24. The molecule has 0 radical (unpaired) electrons. The lowest BCUT2D eigenvalue weighted by Crippen LogP contribution is -2.43. The normalized spacial score (nSPS) is 32.1. The maximum absolute atomic E-state index is 3.87. The monoisotopic (exact) mass is 224 g/mol. The highest BCUT2D eigenvalue weighted by atomic mass is 15.0. The van der Waals surface area contributed by atoms with Crippen molar-refractivity contribution < 1.29 is 0 Å². The summed E-state index contributed by atoms with van der Waals surface area (Å²) in [7, 11) is 0. The largest absolute Gasteiger partial charge is 0.314 e. The van der Waals surface area contributed by atoms with Crippen LogP contribution in [0.5, 0.6) is 0 Å². The van der Waals surface area contributed by atoms with Crippen molar-refractivity contribution in [1.82, 2.24) is 10.6 Å². The Morgan fingerprint density at radius 2 is 1.38 bits per heavy atom. The molecule has 0 aromatic heterocycles. The van der Waals surface area contributed by atoms with Gasteiger partial charge in [0.15, 0.2) is 0 Å². The lowest BCUT2D eigenvalue weighted by molar-refractivity contribution is 0.288. The van der Waals surface area contributed by atoms with Gasteiger partial charge in [0.1, 0.15) is 0 Å². The Labute approximate surface area is 101 Å². The molecule has 0 aromatic rings. The number of hydrogen-bond acceptors (Lipinski definition) is 2. The maximum atomic E-state index is 3.87. The molecule has 2 N–H and O–H groups in total. The molecule has 0 spiro atoms. The predicted molar refractivity (Wildman–Crippen MR) is 69.7 cm³/mol. The Balaban J connectivity index is 1.60. The Morgan fingerprint density at radius 1 is 0.812 bits per heavy atom. The van der Waals surface area contributed by atoms with Crippen molar-refractivity contribution in [3.8, 4) is 0 Å². The van der Waals surface area contributed by atoms with Crippen LogP contribution in [0.2, 0.25) is 0 Å². The van der Waals surface area contributed by atoms with E-state index >= 15 is 0 Å². The van der Waals surface area contributed by atoms with E-state index in [1.807, 2.05) is 0 Å². The Kier molecular flexibility index (Phi) is 5.11. The first kappa shape index (κ1) is 12.4. The molecule has 0 saturated heterocycles. The van der Waals surface area contributed by atoms with E-state index in [9.17, 15) is 0 Å². The zero-order valence-corrected chi connectivity index (χ0v) is 10.8. The summed E-state index contributed by atoms with van der Waals surface area (Å²) in [6, 6.07) is 2.48. The van der Waals surface area contributed by atoms with Crippen LogP contribution in [0.4, 0.5) is 0 Å². The molecule has 0 heterocycles. The minimum absolute atomic E-state index is 0.807. The first-order valence-electron chi connectivity index (χ1n) is 7.38. The smallest absolute Gasteiger partial charge is 0.00708 e. The van der Waals surface area contributed by atoms with Crippen LogP contribution < -0.4 is 10.6 Å². The third kappa shape index (κ3) is 3.74. The van der Waals surface area contributed by atoms with Gasteiger partial charge < -0.3 is 10.6 Å². The van der Waals surface area contributed by atoms with Gasteiger partial charge in [0.25, 0.3) is 0 Å². The summed E-state index contributed by atoms with van der Waals surface area (Å²) in [5.74, 6) is 0. The number of rotatable bonds is 5. The summed E-state index contributed by atoms with van der Waals surface area (Å²) >= 11 is 0. The van der Waals surface area contributed by atoms with E-state index in [4.69, 9.17) is 0 Å². The molecule has 16 heavy (non-hydrogen) atoms. The van der Waals surface area contributed by atoms with E-state index in [-0.39, 0.29) is 0 Å². The van der Waals surface area contributed by atoms with Crippen molar-refractivity contribution in [2.75, 3.05) is 6.54 Å². The van der Waals surface area contributed by atoms with Gasteiger partial charge in [0, 0.05) is 18.1 Å². The zero-order valence-electron chi connectivity index (χ0n) is 10.8. The Morgan fingerprint density at radius 3 is 2.00 bits per heavy atom. The molecule has 0 unspecified atom stereocenters. The van der Waals surface area contributed by atoms with Crippen molar-refractivity contribution in [2.24, 2.45) is 0 Å². The van der Waals surface area contributed by atoms with Crippen LogP contribution in [0.15, 0.2) is 0 Å². The molecule has 2 heteroatoms. The van der Waals surface area contributed by atoms with Gasteiger partial charge in [-0.1, -0.05) is 19.8 Å². The maximum Gasteiger partial charge on any atom is 0.00708 e. The average Bonchev–Trinajstić information content (AvgIpc) is 2.81. The van der Waals surface area contributed by atoms with Crippen molar-refractivity contribution in [2.45, 2.75) is 82.8 Å². The molecule has 2 nitrogen and oxygen atoms in total. The molecule has 0 aliphatic heterocycles. The molecule has 94 valence electrons. The summed E-state index contributed by atoms with van der Waals surface area (Å²) in [6.07, 6.45) is 12.5. The van der Waals surface area contributed by atoms with Crippen LogP contribution in [0.1, 0.15) is 64.7 Å². The van der Waals surface area contributed by atoms with Gasteiger partial charge in [0.2, 0.25) is 0 Å². The summed E-state index contributed by atoms with van der Waals surface area (Å²) in [5.41, 5.74) is 0. The highest BCUT2D eigenvalue weighted by Crippen LogP contribution is 2.23. The molecule has 0 amide bonds. The van der Waals surface area contributed by atoms with E-state index in [2.05, 4.69) is 17.6 Å². The Hall–Kier alpha value is -0.0800. The highest BCUT2D eigenvalue weighted by molar-refractivity contribution is 4.84. The molecule has 2 fully saturated rings. The van der Waals surface area contributed by atoms with Gasteiger partial charge in [0.05, 0.1) is 0 Å². The van der Waals surface area contributed by atoms with Crippen molar-refractivity contribution >= 4 is 0 Å². The molecular formula is C14H28N2. The number of nitrogens with one attached hydrogen (secondary N) is 2. The van der Waals surface area contributed by atoms with Crippen LogP contribution in [0.25, 0.3) is 0 Å². The fraction of sp³-hybridized carbons (Fsp3) is 1.00.